The van der Waals surface area contributed by atoms with Crippen LogP contribution in [0, 0.1) is 17.0 Å². The van der Waals surface area contributed by atoms with Crippen molar-refractivity contribution in [1.82, 2.24) is 4.31 Å². The van der Waals surface area contributed by atoms with Gasteiger partial charge in [-0.2, -0.15) is 4.31 Å². The molecule has 0 spiro atoms. The molecule has 0 aliphatic carbocycles. The van der Waals surface area contributed by atoms with E-state index in [1.54, 1.807) is 11.9 Å². The van der Waals surface area contributed by atoms with E-state index in [0.717, 1.165) is 24.7 Å². The zero-order valence-electron chi connectivity index (χ0n) is 14.7. The monoisotopic (exact) mass is 379 g/mol. The molecule has 0 bridgehead atoms. The molecule has 1 saturated heterocycles. The van der Waals surface area contributed by atoms with Crippen molar-refractivity contribution >= 4 is 21.4 Å². The maximum absolute atomic E-state index is 12.7. The van der Waals surface area contributed by atoms with E-state index in [4.69, 9.17) is 4.42 Å². The Balaban J connectivity index is 1.93. The van der Waals surface area contributed by atoms with E-state index in [1.807, 2.05) is 19.1 Å². The predicted molar refractivity (Wildman–Crippen MR) is 96.6 cm³/mol. The normalized spacial score (nSPS) is 15.3. The van der Waals surface area contributed by atoms with Crippen LogP contribution in [0.4, 0.5) is 11.4 Å². The van der Waals surface area contributed by atoms with Gasteiger partial charge in [0.2, 0.25) is 10.0 Å². The summed E-state index contributed by atoms with van der Waals surface area (Å²) < 4.78 is 32.2. The summed E-state index contributed by atoms with van der Waals surface area (Å²) in [6.45, 7) is 3.07. The van der Waals surface area contributed by atoms with Crippen molar-refractivity contribution in [3.05, 3.63) is 52.0 Å². The van der Waals surface area contributed by atoms with Gasteiger partial charge in [-0.15, -0.1) is 0 Å². The lowest BCUT2D eigenvalue weighted by molar-refractivity contribution is -0.384. The summed E-state index contributed by atoms with van der Waals surface area (Å²) in [6, 6.07) is 7.69. The number of aryl methyl sites for hydroxylation is 1. The van der Waals surface area contributed by atoms with Crippen molar-refractivity contribution in [3.63, 3.8) is 0 Å². The summed E-state index contributed by atoms with van der Waals surface area (Å²) in [5.74, 6) is 1.43. The first-order valence-corrected chi connectivity index (χ1v) is 9.78. The number of rotatable bonds is 6. The lowest BCUT2D eigenvalue weighted by Gasteiger charge is -2.20. The Bertz CT molecular complexity index is 916. The molecule has 0 saturated carbocycles. The third-order valence-electron chi connectivity index (χ3n) is 4.45. The maximum Gasteiger partial charge on any atom is 0.293 e. The lowest BCUT2D eigenvalue weighted by Crippen LogP contribution is -2.28. The number of hydrogen-bond donors (Lipinski definition) is 0. The first kappa shape index (κ1) is 18.4. The summed E-state index contributed by atoms with van der Waals surface area (Å²) in [5, 5.41) is 11.5. The highest BCUT2D eigenvalue weighted by Crippen LogP contribution is 2.32. The average Bonchev–Trinajstić information content (AvgIpc) is 3.26. The quantitative estimate of drug-likeness (QED) is 0.565. The van der Waals surface area contributed by atoms with Crippen molar-refractivity contribution in [2.45, 2.75) is 31.2 Å². The Morgan fingerprint density at radius 2 is 1.92 bits per heavy atom. The lowest BCUT2D eigenvalue weighted by atomic mass is 10.2. The number of nitro groups is 1. The van der Waals surface area contributed by atoms with E-state index in [1.165, 1.54) is 16.4 Å². The van der Waals surface area contributed by atoms with E-state index in [9.17, 15) is 18.5 Å². The fraction of sp³-hybridized carbons (Fsp3) is 0.412. The predicted octanol–water partition coefficient (Wildman–Crippen LogP) is 2.92. The van der Waals surface area contributed by atoms with Crippen LogP contribution < -0.4 is 4.90 Å². The van der Waals surface area contributed by atoms with Crippen molar-refractivity contribution in [3.8, 4) is 0 Å². The summed E-state index contributed by atoms with van der Waals surface area (Å²) in [5.41, 5.74) is 0.0977. The molecule has 26 heavy (non-hydrogen) atoms. The van der Waals surface area contributed by atoms with Crippen molar-refractivity contribution in [2.24, 2.45) is 0 Å². The Labute approximate surface area is 152 Å². The fourth-order valence-corrected chi connectivity index (χ4v) is 4.64. The van der Waals surface area contributed by atoms with Crippen LogP contribution in [-0.2, 0) is 16.6 Å². The van der Waals surface area contributed by atoms with E-state index in [-0.39, 0.29) is 10.6 Å². The molecule has 8 nitrogen and oxygen atoms in total. The highest BCUT2D eigenvalue weighted by Gasteiger charge is 2.30. The fourth-order valence-electron chi connectivity index (χ4n) is 3.10. The third-order valence-corrected chi connectivity index (χ3v) is 6.34. The first-order chi connectivity index (χ1) is 12.3. The molecule has 1 aliphatic heterocycles. The van der Waals surface area contributed by atoms with Gasteiger partial charge in [-0.1, -0.05) is 0 Å². The molecular weight excluding hydrogens is 358 g/mol. The Morgan fingerprint density at radius 1 is 1.23 bits per heavy atom. The highest BCUT2D eigenvalue weighted by molar-refractivity contribution is 7.89. The maximum atomic E-state index is 12.7. The van der Waals surface area contributed by atoms with Gasteiger partial charge in [0, 0.05) is 26.2 Å². The van der Waals surface area contributed by atoms with Gasteiger partial charge in [0.1, 0.15) is 17.2 Å². The van der Waals surface area contributed by atoms with Gasteiger partial charge in [-0.05, 0) is 44.0 Å². The van der Waals surface area contributed by atoms with E-state index in [2.05, 4.69) is 0 Å². The topological polar surface area (TPSA) is 96.9 Å². The first-order valence-electron chi connectivity index (χ1n) is 8.34. The molecule has 1 aromatic carbocycles. The van der Waals surface area contributed by atoms with Crippen LogP contribution in [0.1, 0.15) is 24.4 Å². The molecule has 9 heteroatoms. The molecule has 0 N–H and O–H groups in total. The molecule has 3 rings (SSSR count). The number of sulfonamides is 1. The standard InChI is InChI=1S/C17H21N3O5S/c1-13-5-6-14(25-13)12-18(2)16-8-7-15(11-17(16)20(21)22)26(23,24)19-9-3-4-10-19/h5-8,11H,3-4,9-10,12H2,1-2H3. The summed E-state index contributed by atoms with van der Waals surface area (Å²) in [6.07, 6.45) is 1.62. The van der Waals surface area contributed by atoms with Gasteiger partial charge < -0.3 is 9.32 Å². The average molecular weight is 379 g/mol. The number of furan rings is 1. The molecule has 1 aliphatic rings. The summed E-state index contributed by atoms with van der Waals surface area (Å²) >= 11 is 0. The number of benzene rings is 1. The minimum Gasteiger partial charge on any atom is -0.464 e. The molecule has 1 fully saturated rings. The minimum absolute atomic E-state index is 0.0444. The van der Waals surface area contributed by atoms with E-state index >= 15 is 0 Å². The van der Waals surface area contributed by atoms with E-state index in [0.29, 0.717) is 31.1 Å². The molecule has 0 unspecified atom stereocenters. The Hall–Kier alpha value is -2.39. The van der Waals surface area contributed by atoms with Gasteiger partial charge in [0.25, 0.3) is 5.69 Å². The SMILES string of the molecule is Cc1ccc(CN(C)c2ccc(S(=O)(=O)N3CCCC3)cc2[N+](=O)[O-])o1. The number of hydrogen-bond acceptors (Lipinski definition) is 6. The zero-order valence-corrected chi connectivity index (χ0v) is 15.5. The number of nitro benzene ring substituents is 1. The molecule has 0 atom stereocenters. The molecule has 140 valence electrons. The van der Waals surface area contributed by atoms with Gasteiger partial charge in [0.05, 0.1) is 16.4 Å². The second kappa shape index (κ2) is 7.08. The van der Waals surface area contributed by atoms with Gasteiger partial charge in [-0.25, -0.2) is 8.42 Å². The zero-order chi connectivity index (χ0) is 18.9. The molecule has 2 aromatic rings. The molecule has 0 amide bonds. The number of nitrogens with zero attached hydrogens (tertiary/aromatic N) is 3. The van der Waals surface area contributed by atoms with Crippen LogP contribution in [0.5, 0.6) is 0 Å². The van der Waals surface area contributed by atoms with Crippen LogP contribution in [0.3, 0.4) is 0 Å². The van der Waals surface area contributed by atoms with Crippen LogP contribution in [0.15, 0.2) is 39.6 Å². The largest absolute Gasteiger partial charge is 0.464 e. The Kier molecular flexibility index (Phi) is 5.01. The molecule has 1 aromatic heterocycles. The molecule has 2 heterocycles. The van der Waals surface area contributed by atoms with Gasteiger partial charge in [0.15, 0.2) is 0 Å². The highest BCUT2D eigenvalue weighted by atomic mass is 32.2. The van der Waals surface area contributed by atoms with Crippen LogP contribution in [-0.4, -0.2) is 37.8 Å². The molecule has 0 radical (unpaired) electrons. The smallest absolute Gasteiger partial charge is 0.293 e. The second-order valence-electron chi connectivity index (χ2n) is 6.39. The minimum atomic E-state index is -3.70. The van der Waals surface area contributed by atoms with Crippen molar-refractivity contribution in [1.29, 1.82) is 0 Å². The van der Waals surface area contributed by atoms with Crippen molar-refractivity contribution < 1.29 is 17.8 Å². The van der Waals surface area contributed by atoms with Crippen LogP contribution in [0.2, 0.25) is 0 Å². The second-order valence-corrected chi connectivity index (χ2v) is 8.33. The molecular formula is C17H21N3O5S. The van der Waals surface area contributed by atoms with Crippen LogP contribution >= 0.6 is 0 Å². The van der Waals surface area contributed by atoms with Gasteiger partial charge >= 0.3 is 0 Å². The van der Waals surface area contributed by atoms with Crippen molar-refractivity contribution in [2.75, 3.05) is 25.0 Å². The van der Waals surface area contributed by atoms with E-state index < -0.39 is 14.9 Å². The van der Waals surface area contributed by atoms with Gasteiger partial charge in [-0.3, -0.25) is 10.1 Å². The summed E-state index contributed by atoms with van der Waals surface area (Å²) in [7, 11) is -2.00. The number of anilines is 1. The Morgan fingerprint density at radius 3 is 2.50 bits per heavy atom. The van der Waals surface area contributed by atoms with Crippen LogP contribution in [0.25, 0.3) is 0 Å². The summed E-state index contributed by atoms with van der Waals surface area (Å²) in [4.78, 5) is 12.6. The third kappa shape index (κ3) is 3.58.